The first-order chi connectivity index (χ1) is 13.0. The number of amides is 1. The van der Waals surface area contributed by atoms with Gasteiger partial charge < -0.3 is 9.47 Å². The van der Waals surface area contributed by atoms with Crippen molar-refractivity contribution in [2.45, 2.75) is 33.0 Å². The molecule has 1 aromatic carbocycles. The molecular weight excluding hydrogens is 354 g/mol. The van der Waals surface area contributed by atoms with Gasteiger partial charge in [0.05, 0.1) is 12.6 Å². The van der Waals surface area contributed by atoms with Crippen molar-refractivity contribution in [1.82, 2.24) is 29.4 Å². The molecule has 1 aliphatic heterocycles. The third kappa shape index (κ3) is 2.98. The minimum absolute atomic E-state index is 0.0104. The summed E-state index contributed by atoms with van der Waals surface area (Å²) >= 11 is 0. The molecule has 2 aromatic heterocycles. The van der Waals surface area contributed by atoms with E-state index in [0.29, 0.717) is 17.1 Å². The Bertz CT molecular complexity index is 981. The number of carbonyl (C=O) groups is 1. The van der Waals surface area contributed by atoms with E-state index in [1.165, 1.54) is 13.0 Å². The molecule has 0 N–H and O–H groups in total. The molecule has 27 heavy (non-hydrogen) atoms. The molecule has 0 radical (unpaired) electrons. The zero-order chi connectivity index (χ0) is 19.1. The number of halogens is 2. The van der Waals surface area contributed by atoms with Gasteiger partial charge in [0, 0.05) is 17.8 Å². The van der Waals surface area contributed by atoms with Gasteiger partial charge >= 0.3 is 6.55 Å². The SMILES string of the molecule is Cc1cc(C(=O)N2Cc3nnc(-c4ccccc4)n3[C@@H](C)C2)nn1C(F)F. The topological polar surface area (TPSA) is 68.8 Å². The van der Waals surface area contributed by atoms with Gasteiger partial charge in [-0.2, -0.15) is 13.9 Å². The first-order valence-corrected chi connectivity index (χ1v) is 8.58. The zero-order valence-corrected chi connectivity index (χ0v) is 14.9. The van der Waals surface area contributed by atoms with Crippen LogP contribution in [0.3, 0.4) is 0 Å². The van der Waals surface area contributed by atoms with Crippen molar-refractivity contribution in [3.8, 4) is 11.4 Å². The van der Waals surface area contributed by atoms with Gasteiger partial charge in [-0.25, -0.2) is 4.68 Å². The van der Waals surface area contributed by atoms with Crippen molar-refractivity contribution in [2.24, 2.45) is 0 Å². The highest BCUT2D eigenvalue weighted by Gasteiger charge is 2.31. The summed E-state index contributed by atoms with van der Waals surface area (Å²) in [6, 6.07) is 11.0. The molecule has 0 aliphatic carbocycles. The lowest BCUT2D eigenvalue weighted by Crippen LogP contribution is -2.40. The number of hydrogen-bond donors (Lipinski definition) is 0. The van der Waals surface area contributed by atoms with E-state index in [4.69, 9.17) is 0 Å². The van der Waals surface area contributed by atoms with Crippen molar-refractivity contribution in [2.75, 3.05) is 6.54 Å². The molecule has 7 nitrogen and oxygen atoms in total. The fraction of sp³-hybridized carbons (Fsp3) is 0.333. The predicted molar refractivity (Wildman–Crippen MR) is 93.1 cm³/mol. The van der Waals surface area contributed by atoms with E-state index >= 15 is 0 Å². The predicted octanol–water partition coefficient (Wildman–Crippen LogP) is 3.06. The molecule has 0 unspecified atom stereocenters. The lowest BCUT2D eigenvalue weighted by molar-refractivity contribution is 0.0525. The van der Waals surface area contributed by atoms with E-state index in [1.807, 2.05) is 41.8 Å². The monoisotopic (exact) mass is 372 g/mol. The highest BCUT2D eigenvalue weighted by atomic mass is 19.3. The maximum absolute atomic E-state index is 12.9. The molecule has 0 fully saturated rings. The van der Waals surface area contributed by atoms with Gasteiger partial charge in [-0.05, 0) is 19.9 Å². The Morgan fingerprint density at radius 3 is 2.63 bits per heavy atom. The van der Waals surface area contributed by atoms with Gasteiger partial charge in [0.15, 0.2) is 17.3 Å². The van der Waals surface area contributed by atoms with E-state index in [-0.39, 0.29) is 29.9 Å². The molecule has 0 saturated carbocycles. The number of hydrogen-bond acceptors (Lipinski definition) is 4. The third-order valence-corrected chi connectivity index (χ3v) is 4.67. The maximum Gasteiger partial charge on any atom is 0.333 e. The Balaban J connectivity index is 1.62. The van der Waals surface area contributed by atoms with Crippen molar-refractivity contribution < 1.29 is 13.6 Å². The molecule has 1 atom stereocenters. The fourth-order valence-corrected chi connectivity index (χ4v) is 3.42. The normalized spacial score (nSPS) is 16.6. The van der Waals surface area contributed by atoms with Crippen LogP contribution in [-0.2, 0) is 6.54 Å². The quantitative estimate of drug-likeness (QED) is 0.709. The summed E-state index contributed by atoms with van der Waals surface area (Å²) in [7, 11) is 0. The second-order valence-corrected chi connectivity index (χ2v) is 6.60. The second kappa shape index (κ2) is 6.57. The molecule has 1 amide bonds. The first-order valence-electron chi connectivity index (χ1n) is 8.58. The van der Waals surface area contributed by atoms with E-state index in [2.05, 4.69) is 15.3 Å². The Kier molecular flexibility index (Phi) is 4.21. The Morgan fingerprint density at radius 1 is 1.22 bits per heavy atom. The van der Waals surface area contributed by atoms with Crippen LogP contribution in [0.4, 0.5) is 8.78 Å². The lowest BCUT2D eigenvalue weighted by atomic mass is 10.1. The minimum Gasteiger partial charge on any atom is -0.328 e. The van der Waals surface area contributed by atoms with E-state index in [0.717, 1.165) is 11.4 Å². The summed E-state index contributed by atoms with van der Waals surface area (Å²) < 4.78 is 28.4. The zero-order valence-electron chi connectivity index (χ0n) is 14.9. The van der Waals surface area contributed by atoms with Crippen molar-refractivity contribution in [3.05, 3.63) is 53.6 Å². The number of benzene rings is 1. The molecule has 140 valence electrons. The van der Waals surface area contributed by atoms with Crippen LogP contribution in [0, 0.1) is 6.92 Å². The van der Waals surface area contributed by atoms with Crippen LogP contribution < -0.4 is 0 Å². The molecule has 0 saturated heterocycles. The molecule has 3 aromatic rings. The molecule has 0 spiro atoms. The summed E-state index contributed by atoms with van der Waals surface area (Å²) in [5.74, 6) is 1.02. The Labute approximate surface area is 154 Å². The molecular formula is C18H18F2N6O. The second-order valence-electron chi connectivity index (χ2n) is 6.60. The Hall–Kier alpha value is -3.10. The molecule has 3 heterocycles. The summed E-state index contributed by atoms with van der Waals surface area (Å²) in [6.45, 7) is 1.37. The smallest absolute Gasteiger partial charge is 0.328 e. The van der Waals surface area contributed by atoms with E-state index < -0.39 is 6.55 Å². The summed E-state index contributed by atoms with van der Waals surface area (Å²) in [4.78, 5) is 14.3. The largest absolute Gasteiger partial charge is 0.333 e. The van der Waals surface area contributed by atoms with Gasteiger partial charge in [0.1, 0.15) is 0 Å². The molecule has 4 rings (SSSR count). The molecule has 0 bridgehead atoms. The lowest BCUT2D eigenvalue weighted by Gasteiger charge is -2.32. The van der Waals surface area contributed by atoms with Crippen LogP contribution in [0.2, 0.25) is 0 Å². The number of carbonyl (C=O) groups excluding carboxylic acids is 1. The molecule has 1 aliphatic rings. The molecule has 9 heteroatoms. The van der Waals surface area contributed by atoms with Gasteiger partial charge in [0.2, 0.25) is 0 Å². The van der Waals surface area contributed by atoms with Gasteiger partial charge in [-0.1, -0.05) is 30.3 Å². The average molecular weight is 372 g/mol. The number of nitrogens with zero attached hydrogens (tertiary/aromatic N) is 6. The summed E-state index contributed by atoms with van der Waals surface area (Å²) in [6.07, 6.45) is 0. The van der Waals surface area contributed by atoms with Crippen molar-refractivity contribution in [3.63, 3.8) is 0 Å². The minimum atomic E-state index is -2.77. The number of rotatable bonds is 3. The van der Waals surface area contributed by atoms with Crippen LogP contribution in [-0.4, -0.2) is 41.9 Å². The standard InChI is InChI=1S/C18H18F2N6O/c1-11-8-14(23-26(11)18(19)20)17(27)24-9-12(2)25-15(10-24)21-22-16(25)13-6-4-3-5-7-13/h3-8,12,18H,9-10H2,1-2H3/t12-/m0/s1. The van der Waals surface area contributed by atoms with Crippen LogP contribution in [0.15, 0.2) is 36.4 Å². The van der Waals surface area contributed by atoms with Gasteiger partial charge in [-0.3, -0.25) is 4.79 Å². The van der Waals surface area contributed by atoms with Crippen LogP contribution in [0.25, 0.3) is 11.4 Å². The number of fused-ring (bicyclic) bond motifs is 1. The van der Waals surface area contributed by atoms with E-state index in [1.54, 1.807) is 4.90 Å². The first kappa shape index (κ1) is 17.3. The fourth-order valence-electron chi connectivity index (χ4n) is 3.42. The summed E-state index contributed by atoms with van der Waals surface area (Å²) in [5, 5.41) is 12.3. The van der Waals surface area contributed by atoms with Crippen molar-refractivity contribution >= 4 is 5.91 Å². The van der Waals surface area contributed by atoms with Gasteiger partial charge in [0.25, 0.3) is 5.91 Å². The highest BCUT2D eigenvalue weighted by molar-refractivity contribution is 5.92. The summed E-state index contributed by atoms with van der Waals surface area (Å²) in [5.41, 5.74) is 1.21. The third-order valence-electron chi connectivity index (χ3n) is 4.67. The Morgan fingerprint density at radius 2 is 1.96 bits per heavy atom. The number of aromatic nitrogens is 5. The van der Waals surface area contributed by atoms with E-state index in [9.17, 15) is 13.6 Å². The average Bonchev–Trinajstić information content (AvgIpc) is 3.26. The highest BCUT2D eigenvalue weighted by Crippen LogP contribution is 2.28. The maximum atomic E-state index is 12.9. The van der Waals surface area contributed by atoms with Crippen LogP contribution in [0.5, 0.6) is 0 Å². The van der Waals surface area contributed by atoms with Crippen LogP contribution in [0.1, 0.15) is 41.5 Å². The number of alkyl halides is 2. The van der Waals surface area contributed by atoms with Crippen molar-refractivity contribution in [1.29, 1.82) is 0 Å². The van der Waals surface area contributed by atoms with Crippen LogP contribution >= 0.6 is 0 Å². The number of aryl methyl sites for hydroxylation is 1. The van der Waals surface area contributed by atoms with Gasteiger partial charge in [-0.15, -0.1) is 10.2 Å².